The zero-order chi connectivity index (χ0) is 49.2. The number of rotatable bonds is 8. The molecular formula is C60H42CuN4O8. The van der Waals surface area contributed by atoms with Gasteiger partial charge in [-0.3, -0.25) is 19.6 Å². The second-order valence-corrected chi connectivity index (χ2v) is 18.0. The third kappa shape index (κ3) is 6.00. The number of hydrogen-bond donors (Lipinski definition) is 0. The maximum atomic E-state index is 15.8. The van der Waals surface area contributed by atoms with Crippen LogP contribution in [0.2, 0.25) is 0 Å². The molecule has 73 heavy (non-hydrogen) atoms. The van der Waals surface area contributed by atoms with Gasteiger partial charge in [-0.05, 0) is 104 Å². The molecule has 13 rings (SSSR count). The number of carbonyl (C=O) groups is 2. The molecule has 0 N–H and O–H groups in total. The predicted molar refractivity (Wildman–Crippen MR) is 275 cm³/mol. The number of allylic oxidation sites excluding steroid dienone is 4. The van der Waals surface area contributed by atoms with Crippen molar-refractivity contribution in [2.75, 3.05) is 42.7 Å². The van der Waals surface area contributed by atoms with Gasteiger partial charge in [0.25, 0.3) is 0 Å². The maximum Gasteiger partial charge on any atom is 2.00 e. The van der Waals surface area contributed by atoms with Crippen LogP contribution in [0.25, 0.3) is 32.7 Å². The summed E-state index contributed by atoms with van der Waals surface area (Å²) in [7, 11) is 9.38. The van der Waals surface area contributed by atoms with Gasteiger partial charge >= 0.3 is 17.1 Å². The van der Waals surface area contributed by atoms with E-state index in [2.05, 4.69) is 0 Å². The van der Waals surface area contributed by atoms with Gasteiger partial charge in [0.15, 0.2) is 34.6 Å². The molecule has 2 unspecified atom stereocenters. The van der Waals surface area contributed by atoms with Gasteiger partial charge in [0.2, 0.25) is 11.5 Å². The van der Waals surface area contributed by atoms with Gasteiger partial charge in [-0.15, -0.1) is 22.8 Å². The molecule has 5 heterocycles. The number of aromatic nitrogens is 2. The molecular weight excluding hydrogens is 968 g/mol. The normalized spacial score (nSPS) is 20.8. The largest absolute Gasteiger partial charge is 2.00 e. The Morgan fingerprint density at radius 1 is 0.438 bits per heavy atom. The van der Waals surface area contributed by atoms with E-state index in [0.29, 0.717) is 113 Å². The van der Waals surface area contributed by atoms with Crippen LogP contribution in [-0.2, 0) is 27.9 Å². The first-order valence-corrected chi connectivity index (χ1v) is 23.3. The fraction of sp³-hybridized carbons (Fsp3) is 0.133. The topological polar surface area (TPSA) is 142 Å². The van der Waals surface area contributed by atoms with Crippen LogP contribution in [0.1, 0.15) is 65.7 Å². The van der Waals surface area contributed by atoms with E-state index >= 15 is 9.59 Å². The summed E-state index contributed by atoms with van der Waals surface area (Å²) >= 11 is 0. The van der Waals surface area contributed by atoms with Crippen molar-refractivity contribution >= 4 is 55.7 Å². The van der Waals surface area contributed by atoms with Gasteiger partial charge in [-0.1, -0.05) is 97.1 Å². The van der Waals surface area contributed by atoms with E-state index in [9.17, 15) is 0 Å². The van der Waals surface area contributed by atoms with Crippen LogP contribution in [0.4, 0.5) is 0 Å². The van der Waals surface area contributed by atoms with Crippen LogP contribution in [0.15, 0.2) is 167 Å². The fourth-order valence-electron chi connectivity index (χ4n) is 11.8. The third-order valence-corrected chi connectivity index (χ3v) is 14.8. The Labute approximate surface area is 429 Å². The Morgan fingerprint density at radius 3 is 1.22 bits per heavy atom. The maximum absolute atomic E-state index is 15.8. The van der Waals surface area contributed by atoms with Gasteiger partial charge in [0.1, 0.15) is 5.41 Å². The molecule has 8 bridgehead atoms. The molecule has 1 radical (unpaired) electrons. The zero-order valence-electron chi connectivity index (χ0n) is 40.2. The first kappa shape index (κ1) is 45.5. The monoisotopic (exact) mass is 1010 g/mol. The number of ketones is 2. The molecule has 8 aromatic rings. The fourth-order valence-corrected chi connectivity index (χ4v) is 11.8. The van der Waals surface area contributed by atoms with Crippen LogP contribution in [0.5, 0.6) is 34.5 Å². The second-order valence-electron chi connectivity index (χ2n) is 18.0. The van der Waals surface area contributed by atoms with Crippen LogP contribution in [0, 0.1) is 0 Å². The predicted octanol–water partition coefficient (Wildman–Crippen LogP) is 10.2. The zero-order valence-corrected chi connectivity index (χ0v) is 41.2. The van der Waals surface area contributed by atoms with E-state index in [1.165, 1.54) is 0 Å². The Morgan fingerprint density at radius 2 is 0.822 bits per heavy atom. The van der Waals surface area contributed by atoms with Crippen LogP contribution < -0.4 is 38.4 Å². The number of methoxy groups -OCH3 is 6. The number of benzene rings is 6. The van der Waals surface area contributed by atoms with Crippen molar-refractivity contribution in [2.45, 2.75) is 10.8 Å². The van der Waals surface area contributed by atoms with Gasteiger partial charge in [0, 0.05) is 11.1 Å². The van der Waals surface area contributed by atoms with E-state index in [1.807, 2.05) is 146 Å². The Kier molecular flexibility index (Phi) is 10.4. The van der Waals surface area contributed by atoms with E-state index in [0.717, 1.165) is 32.7 Å². The minimum atomic E-state index is -1.50. The van der Waals surface area contributed by atoms with E-state index in [1.54, 1.807) is 42.7 Å². The van der Waals surface area contributed by atoms with Crippen molar-refractivity contribution in [1.29, 1.82) is 0 Å². The molecule has 0 fully saturated rings. The smallest absolute Gasteiger partial charge is 0.659 e. The van der Waals surface area contributed by atoms with Crippen molar-refractivity contribution in [2.24, 2.45) is 9.98 Å². The minimum Gasteiger partial charge on any atom is -0.659 e. The van der Waals surface area contributed by atoms with Crippen molar-refractivity contribution < 1.29 is 55.1 Å². The van der Waals surface area contributed by atoms with Gasteiger partial charge in [0.05, 0.1) is 70.9 Å². The molecule has 5 aliphatic rings. The average molecular weight is 1010 g/mol. The van der Waals surface area contributed by atoms with E-state index in [-0.39, 0.29) is 28.6 Å². The number of ether oxygens (including phenoxy) is 6. The number of Topliss-reactive ketones (excluding diaryl/α,β-unsaturated/α-hetero) is 2. The molecule has 2 atom stereocenters. The number of aliphatic imine (C=N–C) groups is 2. The first-order chi connectivity index (χ1) is 35.2. The minimum absolute atomic E-state index is 0. The molecule has 0 saturated heterocycles. The number of hydrogen-bond acceptors (Lipinski definition) is 10. The summed E-state index contributed by atoms with van der Waals surface area (Å²) in [6.45, 7) is 0. The van der Waals surface area contributed by atoms with Gasteiger partial charge < -0.3 is 38.4 Å². The molecule has 2 spiro atoms. The van der Waals surface area contributed by atoms with Crippen molar-refractivity contribution in [1.82, 2.24) is 9.97 Å². The summed E-state index contributed by atoms with van der Waals surface area (Å²) in [4.78, 5) is 53.6. The molecule has 0 saturated carbocycles. The van der Waals surface area contributed by atoms with Crippen molar-refractivity contribution in [3.05, 3.63) is 213 Å². The summed E-state index contributed by atoms with van der Waals surface area (Å²) in [5.74, 6) is 2.16. The molecule has 13 heteroatoms. The van der Waals surface area contributed by atoms with E-state index < -0.39 is 10.8 Å². The summed E-state index contributed by atoms with van der Waals surface area (Å²) in [5, 5.41) is 3.52. The summed E-state index contributed by atoms with van der Waals surface area (Å²) in [6.07, 6.45) is 7.63. The summed E-state index contributed by atoms with van der Waals surface area (Å²) in [5.41, 5.74) is 6.02. The van der Waals surface area contributed by atoms with Gasteiger partial charge in [-0.2, -0.15) is 0 Å². The molecule has 6 aromatic carbocycles. The summed E-state index contributed by atoms with van der Waals surface area (Å²) < 4.78 is 35.2. The molecule has 361 valence electrons. The number of fused-ring (bicyclic) bond motifs is 12. The molecule has 3 aliphatic heterocycles. The standard InChI is InChI=1S/C60H42N4O8.Cu/c1-67-43-27-33(28-44(68-2)55(43)71-5)53-39-19-23-47(61-39)59(37-17-9-13-31-11-7-15-35(51(31)37)57(59)65)49-25-21-41(63-49)54(34-29-45(69-3)56(72-6)46(30-34)70-4)42-22-26-50(64-42)60(48-24-20-40(53)62-48)38-18-10-14-32-12-8-16-36(52(32)38)58(60)66;/h7-30H,1-6H3;/q-2;+2. The first-order valence-electron chi connectivity index (χ1n) is 23.3. The Balaban J connectivity index is 0.00000543. The van der Waals surface area contributed by atoms with Crippen molar-refractivity contribution in [3.8, 4) is 34.5 Å². The quantitative estimate of drug-likeness (QED) is 0.135. The molecule has 2 aliphatic carbocycles. The third-order valence-electron chi connectivity index (χ3n) is 14.8. The number of nitrogens with zero attached hydrogens (tertiary/aromatic N) is 4. The molecule has 2 aromatic heterocycles. The summed E-state index contributed by atoms with van der Waals surface area (Å²) in [6, 6.07) is 38.6. The van der Waals surface area contributed by atoms with Gasteiger partial charge in [-0.25, -0.2) is 0 Å². The second kappa shape index (κ2) is 16.7. The van der Waals surface area contributed by atoms with Crippen LogP contribution in [-0.4, -0.2) is 65.6 Å². The average Bonchev–Trinajstić information content (AvgIpc) is 4.31. The van der Waals surface area contributed by atoms with Crippen LogP contribution in [0.3, 0.4) is 0 Å². The molecule has 12 nitrogen and oxygen atoms in total. The number of carbonyl (C=O) groups excluding carboxylic acids is 2. The van der Waals surface area contributed by atoms with Crippen LogP contribution >= 0.6 is 0 Å². The SMILES string of the molecule is COc1cc(/C2=C3\C=CC(=N3)C3(C(=O)c4cccc5cccc3c45)C3=N/C(=C(\c4cc(OC)c(OC)c(OC)c4)c4ccc([n-]4)C4(C(=O)c5cccc6cccc4c56)c4ccc2[n-]4)C=C3)cc(OC)c1OC.[Cu+2]. The molecule has 0 amide bonds. The Bertz CT molecular complexity index is 3750. The van der Waals surface area contributed by atoms with E-state index in [4.69, 9.17) is 48.4 Å². The Hall–Kier alpha value is -8.64. The van der Waals surface area contributed by atoms with Crippen molar-refractivity contribution in [3.63, 3.8) is 0 Å².